The van der Waals surface area contributed by atoms with Crippen LogP contribution in [0.3, 0.4) is 0 Å². The lowest BCUT2D eigenvalue weighted by Crippen LogP contribution is -1.97. The lowest BCUT2D eigenvalue weighted by Gasteiger charge is -2.10. The van der Waals surface area contributed by atoms with Crippen molar-refractivity contribution in [2.45, 2.75) is 62.8 Å². The standard InChI is InChI=1S/C17H20O2.2CH4/c1-8-10(3)16(18)12(5)14(8)7-15-9(2)11(4)17(19)13(15)6;;/h7H2,1-6H3;2*1H4. The van der Waals surface area contributed by atoms with Crippen molar-refractivity contribution in [3.05, 3.63) is 44.6 Å². The maximum absolute atomic E-state index is 12.0. The summed E-state index contributed by atoms with van der Waals surface area (Å²) in [5, 5.41) is 0. The largest absolute Gasteiger partial charge is 0.289 e. The second-order valence-corrected chi connectivity index (χ2v) is 5.54. The van der Waals surface area contributed by atoms with Crippen molar-refractivity contribution in [3.8, 4) is 0 Å². The van der Waals surface area contributed by atoms with Gasteiger partial charge in [-0.3, -0.25) is 9.59 Å². The summed E-state index contributed by atoms with van der Waals surface area (Å²) in [5.41, 5.74) is 7.69. The number of rotatable bonds is 2. The first-order chi connectivity index (χ1) is 8.77. The molecule has 0 aromatic heterocycles. The van der Waals surface area contributed by atoms with Gasteiger partial charge in [-0.15, -0.1) is 0 Å². The van der Waals surface area contributed by atoms with Crippen LogP contribution in [0.25, 0.3) is 0 Å². The Balaban J connectivity index is 0.00000200. The minimum Gasteiger partial charge on any atom is -0.289 e. The quantitative estimate of drug-likeness (QED) is 0.706. The van der Waals surface area contributed by atoms with Gasteiger partial charge in [-0.25, -0.2) is 0 Å². The second kappa shape index (κ2) is 6.38. The van der Waals surface area contributed by atoms with E-state index in [1.165, 1.54) is 0 Å². The lowest BCUT2D eigenvalue weighted by molar-refractivity contribution is -0.112. The zero-order chi connectivity index (χ0) is 14.5. The normalized spacial score (nSPS) is 18.8. The summed E-state index contributed by atoms with van der Waals surface area (Å²) in [6.45, 7) is 11.5. The van der Waals surface area contributed by atoms with Gasteiger partial charge in [0, 0.05) is 11.1 Å². The molecular formula is C19H28O2. The Morgan fingerprint density at radius 3 is 1.00 bits per heavy atom. The predicted octanol–water partition coefficient (Wildman–Crippen LogP) is 5.12. The first-order valence-electron chi connectivity index (χ1n) is 6.62. The third kappa shape index (κ3) is 2.72. The average molecular weight is 288 g/mol. The van der Waals surface area contributed by atoms with E-state index in [0.717, 1.165) is 44.6 Å². The van der Waals surface area contributed by atoms with E-state index in [-0.39, 0.29) is 26.4 Å². The maximum atomic E-state index is 12.0. The van der Waals surface area contributed by atoms with Crippen molar-refractivity contribution in [1.82, 2.24) is 0 Å². The van der Waals surface area contributed by atoms with Gasteiger partial charge in [0.1, 0.15) is 0 Å². The minimum atomic E-state index is 0. The summed E-state index contributed by atoms with van der Waals surface area (Å²) in [4.78, 5) is 24.0. The molecule has 0 fully saturated rings. The minimum absolute atomic E-state index is 0. The third-order valence-electron chi connectivity index (χ3n) is 4.65. The zero-order valence-corrected chi connectivity index (χ0v) is 12.5. The summed E-state index contributed by atoms with van der Waals surface area (Å²) in [6.07, 6.45) is 0.696. The zero-order valence-electron chi connectivity index (χ0n) is 12.5. The van der Waals surface area contributed by atoms with E-state index in [4.69, 9.17) is 0 Å². The molecule has 0 aromatic rings. The van der Waals surface area contributed by atoms with Crippen LogP contribution >= 0.6 is 0 Å². The molecule has 0 aromatic carbocycles. The summed E-state index contributed by atoms with van der Waals surface area (Å²) in [5.74, 6) is 0.293. The number of carbonyl (C=O) groups excluding carboxylic acids is 2. The Hall–Kier alpha value is -1.70. The molecule has 2 aliphatic rings. The summed E-state index contributed by atoms with van der Waals surface area (Å²) in [6, 6.07) is 0. The van der Waals surface area contributed by atoms with Gasteiger partial charge in [0.2, 0.25) is 0 Å². The molecule has 0 aliphatic heterocycles. The van der Waals surface area contributed by atoms with Gasteiger partial charge in [-0.05, 0) is 81.4 Å². The van der Waals surface area contributed by atoms with Gasteiger partial charge in [-0.2, -0.15) is 0 Å². The van der Waals surface area contributed by atoms with Gasteiger partial charge in [0.15, 0.2) is 11.6 Å². The molecule has 0 N–H and O–H groups in total. The molecule has 0 radical (unpaired) electrons. The van der Waals surface area contributed by atoms with Crippen LogP contribution in [0.4, 0.5) is 0 Å². The van der Waals surface area contributed by atoms with Crippen LogP contribution < -0.4 is 0 Å². The average Bonchev–Trinajstić information content (AvgIpc) is 2.68. The van der Waals surface area contributed by atoms with Crippen molar-refractivity contribution in [2.24, 2.45) is 0 Å². The molecule has 2 heteroatoms. The Morgan fingerprint density at radius 1 is 0.524 bits per heavy atom. The van der Waals surface area contributed by atoms with Gasteiger partial charge in [0.05, 0.1) is 0 Å². The number of hydrogen-bond acceptors (Lipinski definition) is 2. The Labute approximate surface area is 129 Å². The Kier molecular flexibility index (Phi) is 5.86. The third-order valence-corrected chi connectivity index (χ3v) is 4.65. The summed E-state index contributed by atoms with van der Waals surface area (Å²) < 4.78 is 0. The highest BCUT2D eigenvalue weighted by atomic mass is 16.1. The van der Waals surface area contributed by atoms with Crippen LogP contribution in [-0.4, -0.2) is 11.6 Å². The van der Waals surface area contributed by atoms with E-state index in [2.05, 4.69) is 0 Å². The van der Waals surface area contributed by atoms with Gasteiger partial charge in [-0.1, -0.05) is 14.9 Å². The predicted molar refractivity (Wildman–Crippen MR) is 90.2 cm³/mol. The molecule has 2 aliphatic carbocycles. The van der Waals surface area contributed by atoms with E-state index in [0.29, 0.717) is 6.42 Å². The Morgan fingerprint density at radius 2 is 0.810 bits per heavy atom. The first kappa shape index (κ1) is 19.3. The van der Waals surface area contributed by atoms with Gasteiger partial charge in [0.25, 0.3) is 0 Å². The van der Waals surface area contributed by atoms with Crippen LogP contribution in [0.2, 0.25) is 0 Å². The number of allylic oxidation sites excluding steroid dienone is 8. The first-order valence-corrected chi connectivity index (χ1v) is 6.62. The van der Waals surface area contributed by atoms with Crippen LogP contribution in [-0.2, 0) is 9.59 Å². The fourth-order valence-electron chi connectivity index (χ4n) is 2.90. The lowest BCUT2D eigenvalue weighted by atomic mass is 9.94. The van der Waals surface area contributed by atoms with E-state index in [9.17, 15) is 9.59 Å². The highest BCUT2D eigenvalue weighted by Crippen LogP contribution is 2.39. The molecule has 0 bridgehead atoms. The van der Waals surface area contributed by atoms with Crippen LogP contribution in [0.5, 0.6) is 0 Å². The second-order valence-electron chi connectivity index (χ2n) is 5.54. The molecule has 116 valence electrons. The molecule has 2 nitrogen and oxygen atoms in total. The van der Waals surface area contributed by atoms with Crippen LogP contribution in [0.15, 0.2) is 44.6 Å². The van der Waals surface area contributed by atoms with Gasteiger partial charge >= 0.3 is 0 Å². The van der Waals surface area contributed by atoms with Crippen molar-refractivity contribution in [2.75, 3.05) is 0 Å². The summed E-state index contributed by atoms with van der Waals surface area (Å²) >= 11 is 0. The smallest absolute Gasteiger partial charge is 0.184 e. The number of Topliss-reactive ketones (excluding diaryl/α,β-unsaturated/α-hetero) is 2. The molecule has 0 atom stereocenters. The molecule has 0 unspecified atom stereocenters. The monoisotopic (exact) mass is 288 g/mol. The highest BCUT2D eigenvalue weighted by Gasteiger charge is 2.29. The molecular weight excluding hydrogens is 260 g/mol. The van der Waals surface area contributed by atoms with E-state index in [1.807, 2.05) is 41.5 Å². The fraction of sp³-hybridized carbons (Fsp3) is 0.474. The fourth-order valence-corrected chi connectivity index (χ4v) is 2.90. The molecule has 0 saturated heterocycles. The molecule has 0 saturated carbocycles. The SMILES string of the molecule is C.C.CC1=C(C)C(CC2=C(C)C(=O)C(C)=C2C)=C(C)C1=O. The summed E-state index contributed by atoms with van der Waals surface area (Å²) in [7, 11) is 0. The molecule has 2 rings (SSSR count). The van der Waals surface area contributed by atoms with E-state index >= 15 is 0 Å². The van der Waals surface area contributed by atoms with Crippen molar-refractivity contribution < 1.29 is 9.59 Å². The molecule has 0 heterocycles. The van der Waals surface area contributed by atoms with Crippen LogP contribution in [0, 0.1) is 0 Å². The molecule has 0 spiro atoms. The number of carbonyl (C=O) groups is 2. The van der Waals surface area contributed by atoms with Crippen molar-refractivity contribution in [3.63, 3.8) is 0 Å². The number of ketones is 2. The molecule has 21 heavy (non-hydrogen) atoms. The topological polar surface area (TPSA) is 34.1 Å². The van der Waals surface area contributed by atoms with E-state index in [1.54, 1.807) is 0 Å². The van der Waals surface area contributed by atoms with Crippen molar-refractivity contribution >= 4 is 11.6 Å². The van der Waals surface area contributed by atoms with Crippen molar-refractivity contribution in [1.29, 1.82) is 0 Å². The Bertz CT molecular complexity index is 578. The molecule has 0 amide bonds. The maximum Gasteiger partial charge on any atom is 0.184 e. The number of hydrogen-bond donors (Lipinski definition) is 0. The highest BCUT2D eigenvalue weighted by molar-refractivity contribution is 6.14. The van der Waals surface area contributed by atoms with Crippen LogP contribution in [0.1, 0.15) is 62.8 Å². The van der Waals surface area contributed by atoms with E-state index < -0.39 is 0 Å². The van der Waals surface area contributed by atoms with Gasteiger partial charge < -0.3 is 0 Å².